The third-order valence-electron chi connectivity index (χ3n) is 11.5. The van der Waals surface area contributed by atoms with Gasteiger partial charge in [0.2, 0.25) is 0 Å². The van der Waals surface area contributed by atoms with E-state index in [9.17, 15) is 0 Å². The maximum absolute atomic E-state index is 2.70. The van der Waals surface area contributed by atoms with Gasteiger partial charge in [-0.05, 0) is 47.9 Å². The molecule has 6 rings (SSSR count). The number of unbranched alkanes of at least 4 members (excludes halogenated alkanes) is 6. The largest absolute Gasteiger partial charge is 2.00 e. The van der Waals surface area contributed by atoms with E-state index < -0.39 is 8.07 Å². The summed E-state index contributed by atoms with van der Waals surface area (Å²) in [5.41, 5.74) is 11.6. The first kappa shape index (κ1) is 40.4. The molecule has 6 aromatic carbocycles. The van der Waals surface area contributed by atoms with Gasteiger partial charge in [-0.2, -0.15) is 10.4 Å². The van der Waals surface area contributed by atoms with Crippen molar-refractivity contribution in [3.8, 4) is 22.3 Å². The number of fused-ring (bicyclic) bond motifs is 2. The van der Waals surface area contributed by atoms with E-state index in [0.29, 0.717) is 0 Å². The standard InChI is InChI=1S/C50H62Si.Zr/c1-7-11-13-15-21-43-35-41-23-17-25-45(39-31-27-37(19-9-3)28-32-39)47(41)49(43)51(5,6)50-44(22-16-14-12-8-2)36-42-24-18-26-46(48(42)50)40-33-29-38(20-10-4)30-34-40;/h17-18,23-36H,7-16,19-22H2,1-6H3;/q-2;+2. The van der Waals surface area contributed by atoms with Crippen molar-refractivity contribution in [1.29, 1.82) is 0 Å². The average molecular weight is 782 g/mol. The Morgan fingerprint density at radius 2 is 0.846 bits per heavy atom. The summed E-state index contributed by atoms with van der Waals surface area (Å²) in [7, 11) is -2.28. The minimum absolute atomic E-state index is 0. The topological polar surface area (TPSA) is 0 Å². The zero-order chi connectivity index (χ0) is 35.8. The van der Waals surface area contributed by atoms with Crippen molar-refractivity contribution >= 4 is 40.0 Å². The van der Waals surface area contributed by atoms with Crippen molar-refractivity contribution in [3.05, 3.63) is 119 Å². The molecule has 0 N–H and O–H groups in total. The zero-order valence-electron chi connectivity index (χ0n) is 33.1. The number of benzene rings is 4. The van der Waals surface area contributed by atoms with Gasteiger partial charge >= 0.3 is 26.2 Å². The Morgan fingerprint density at radius 3 is 1.21 bits per heavy atom. The average Bonchev–Trinajstić information content (AvgIpc) is 3.72. The summed E-state index contributed by atoms with van der Waals surface area (Å²) >= 11 is 0. The molecule has 0 saturated heterocycles. The Morgan fingerprint density at radius 1 is 0.442 bits per heavy atom. The molecule has 0 aromatic heterocycles. The smallest absolute Gasteiger partial charge is 0.158 e. The first-order valence-corrected chi connectivity index (χ1v) is 23.5. The fourth-order valence-electron chi connectivity index (χ4n) is 8.97. The van der Waals surface area contributed by atoms with Crippen LogP contribution in [0.25, 0.3) is 43.8 Å². The van der Waals surface area contributed by atoms with E-state index in [1.54, 1.807) is 21.5 Å². The molecule has 0 aliphatic heterocycles. The van der Waals surface area contributed by atoms with Gasteiger partial charge in [0.15, 0.2) is 0 Å². The van der Waals surface area contributed by atoms with Gasteiger partial charge in [-0.25, -0.2) is 0 Å². The van der Waals surface area contributed by atoms with Crippen molar-refractivity contribution in [2.75, 3.05) is 0 Å². The molecule has 270 valence electrons. The first-order chi connectivity index (χ1) is 24.9. The Balaban J connectivity index is 0.00000523. The van der Waals surface area contributed by atoms with Gasteiger partial charge in [0.05, 0.1) is 0 Å². The van der Waals surface area contributed by atoms with Crippen LogP contribution in [0, 0.1) is 0 Å². The fraction of sp³-hybridized carbons (Fsp3) is 0.400. The number of aryl methyl sites for hydroxylation is 4. The van der Waals surface area contributed by atoms with E-state index in [1.165, 1.54) is 132 Å². The second kappa shape index (κ2) is 19.0. The van der Waals surface area contributed by atoms with Crippen LogP contribution in [0.4, 0.5) is 0 Å². The van der Waals surface area contributed by atoms with Crippen molar-refractivity contribution in [1.82, 2.24) is 0 Å². The zero-order valence-corrected chi connectivity index (χ0v) is 36.6. The van der Waals surface area contributed by atoms with Gasteiger partial charge in [-0.1, -0.05) is 177 Å². The molecule has 0 heterocycles. The van der Waals surface area contributed by atoms with Gasteiger partial charge in [-0.15, -0.1) is 69.1 Å². The summed E-state index contributed by atoms with van der Waals surface area (Å²) in [6, 6.07) is 38.4. The number of rotatable bonds is 18. The Hall–Kier alpha value is -2.80. The third kappa shape index (κ3) is 8.77. The van der Waals surface area contributed by atoms with E-state index in [1.807, 2.05) is 0 Å². The molecule has 0 radical (unpaired) electrons. The van der Waals surface area contributed by atoms with Crippen molar-refractivity contribution in [2.24, 2.45) is 0 Å². The molecule has 0 aliphatic carbocycles. The number of hydrogen-bond acceptors (Lipinski definition) is 0. The summed E-state index contributed by atoms with van der Waals surface area (Å²) in [4.78, 5) is 0. The Labute approximate surface area is 336 Å². The van der Waals surface area contributed by atoms with E-state index in [2.05, 4.69) is 138 Å². The van der Waals surface area contributed by atoms with Gasteiger partial charge in [0.1, 0.15) is 0 Å². The van der Waals surface area contributed by atoms with E-state index in [-0.39, 0.29) is 26.2 Å². The predicted molar refractivity (Wildman–Crippen MR) is 230 cm³/mol. The van der Waals surface area contributed by atoms with E-state index in [4.69, 9.17) is 0 Å². The molecule has 0 unspecified atom stereocenters. The van der Waals surface area contributed by atoms with Crippen molar-refractivity contribution in [3.63, 3.8) is 0 Å². The molecule has 0 saturated carbocycles. The molecule has 0 bridgehead atoms. The minimum atomic E-state index is -2.28. The maximum Gasteiger partial charge on any atom is 2.00 e. The van der Waals surface area contributed by atoms with Crippen molar-refractivity contribution in [2.45, 2.75) is 131 Å². The van der Waals surface area contributed by atoms with Crippen LogP contribution >= 0.6 is 0 Å². The summed E-state index contributed by atoms with van der Waals surface area (Å²) < 4.78 is 0. The third-order valence-corrected chi connectivity index (χ3v) is 15.1. The van der Waals surface area contributed by atoms with Gasteiger partial charge in [-0.3, -0.25) is 0 Å². The van der Waals surface area contributed by atoms with Crippen LogP contribution in [-0.2, 0) is 51.9 Å². The van der Waals surface area contributed by atoms with Gasteiger partial charge in [0.25, 0.3) is 0 Å². The molecular formula is C50H62SiZr. The van der Waals surface area contributed by atoms with Crippen LogP contribution in [-0.4, -0.2) is 8.07 Å². The van der Waals surface area contributed by atoms with Crippen LogP contribution in [0.2, 0.25) is 13.1 Å². The second-order valence-electron chi connectivity index (χ2n) is 15.8. The molecule has 6 aromatic rings. The molecule has 0 spiro atoms. The normalized spacial score (nSPS) is 11.8. The molecule has 0 amide bonds. The number of hydrogen-bond donors (Lipinski definition) is 0. The van der Waals surface area contributed by atoms with Crippen LogP contribution in [0.3, 0.4) is 0 Å². The van der Waals surface area contributed by atoms with Crippen LogP contribution in [0.1, 0.15) is 114 Å². The molecule has 52 heavy (non-hydrogen) atoms. The molecule has 2 heteroatoms. The van der Waals surface area contributed by atoms with E-state index >= 15 is 0 Å². The van der Waals surface area contributed by atoms with Crippen LogP contribution in [0.15, 0.2) is 97.1 Å². The summed E-state index contributed by atoms with van der Waals surface area (Å²) in [6.07, 6.45) is 17.3. The predicted octanol–water partition coefficient (Wildman–Crippen LogP) is 13.7. The van der Waals surface area contributed by atoms with E-state index in [0.717, 1.165) is 12.8 Å². The molecule has 0 atom stereocenters. The van der Waals surface area contributed by atoms with Crippen LogP contribution in [0.5, 0.6) is 0 Å². The van der Waals surface area contributed by atoms with Crippen molar-refractivity contribution < 1.29 is 26.2 Å². The molecule has 0 nitrogen and oxygen atoms in total. The SMILES string of the molecule is CCCCCCc1[cH-]c2cccc(-c3ccc(CCC)cc3)c2c1[Si](C)(C)c1c(CCCCCC)[cH-]c2cccc(-c3ccc(CCC)cc3)c12.[Zr+2]. The first-order valence-electron chi connectivity index (χ1n) is 20.5. The minimum Gasteiger partial charge on any atom is -0.158 e. The van der Waals surface area contributed by atoms with Crippen LogP contribution < -0.4 is 10.4 Å². The van der Waals surface area contributed by atoms with Gasteiger partial charge < -0.3 is 0 Å². The fourth-order valence-corrected chi connectivity index (χ4v) is 13.0. The summed E-state index contributed by atoms with van der Waals surface area (Å²) in [5.74, 6) is 0. The molecule has 0 fully saturated rings. The molecular weight excluding hydrogens is 720 g/mol. The summed E-state index contributed by atoms with van der Waals surface area (Å²) in [5, 5.41) is 9.29. The second-order valence-corrected chi connectivity index (χ2v) is 20.0. The van der Waals surface area contributed by atoms with Gasteiger partial charge in [0, 0.05) is 8.07 Å². The Kier molecular flexibility index (Phi) is 14.7. The quantitative estimate of drug-likeness (QED) is 0.0463. The maximum atomic E-state index is 2.70. The monoisotopic (exact) mass is 780 g/mol. The summed E-state index contributed by atoms with van der Waals surface area (Å²) in [6.45, 7) is 14.6. The Bertz CT molecular complexity index is 1850. The molecule has 0 aliphatic rings.